The highest BCUT2D eigenvalue weighted by Crippen LogP contribution is 2.15. The highest BCUT2D eigenvalue weighted by atomic mass is 35.7. The molecule has 0 unspecified atom stereocenters. The van der Waals surface area contributed by atoms with Crippen LogP contribution in [0.25, 0.3) is 0 Å². The maximum absolute atomic E-state index is 10.8. The lowest BCUT2D eigenvalue weighted by molar-refractivity contribution is -0.132. The summed E-state index contributed by atoms with van der Waals surface area (Å²) in [5, 5.41) is 8.60. The van der Waals surface area contributed by atoms with Crippen LogP contribution >= 0.6 is 10.7 Å². The SMILES string of the molecule is C=C/C(=C\C(=C/C)C(=O)O)S(=O)(=O)Cl. The first-order valence-electron chi connectivity index (χ1n) is 3.51. The first-order chi connectivity index (χ1) is 6.32. The van der Waals surface area contributed by atoms with E-state index in [1.54, 1.807) is 0 Å². The fraction of sp³-hybridized carbons (Fsp3) is 0.125. The molecule has 4 nitrogen and oxygen atoms in total. The number of allylic oxidation sites excluding steroid dienone is 2. The molecule has 0 radical (unpaired) electrons. The van der Waals surface area contributed by atoms with Gasteiger partial charge in [0, 0.05) is 10.7 Å². The molecule has 6 heteroatoms. The number of hydrogen-bond donors (Lipinski definition) is 1. The van der Waals surface area contributed by atoms with E-state index in [2.05, 4.69) is 6.58 Å². The monoisotopic (exact) mass is 236 g/mol. The molecule has 1 N–H and O–H groups in total. The van der Waals surface area contributed by atoms with Crippen LogP contribution in [0, 0.1) is 0 Å². The van der Waals surface area contributed by atoms with Gasteiger partial charge in [-0.15, -0.1) is 0 Å². The molecule has 0 bridgehead atoms. The molecule has 0 spiro atoms. The quantitative estimate of drug-likeness (QED) is 0.458. The third-order valence-electron chi connectivity index (χ3n) is 1.34. The molecule has 14 heavy (non-hydrogen) atoms. The van der Waals surface area contributed by atoms with Crippen molar-refractivity contribution < 1.29 is 18.3 Å². The van der Waals surface area contributed by atoms with E-state index in [0.29, 0.717) is 0 Å². The molecule has 0 aliphatic heterocycles. The number of aliphatic carboxylic acids is 1. The first-order valence-corrected chi connectivity index (χ1v) is 5.82. The second-order valence-electron chi connectivity index (χ2n) is 2.24. The van der Waals surface area contributed by atoms with Gasteiger partial charge in [-0.05, 0) is 19.1 Å². The van der Waals surface area contributed by atoms with Gasteiger partial charge in [-0.25, -0.2) is 13.2 Å². The summed E-state index contributed by atoms with van der Waals surface area (Å²) >= 11 is 0. The van der Waals surface area contributed by atoms with Gasteiger partial charge in [0.2, 0.25) is 0 Å². The molecule has 0 amide bonds. The Morgan fingerprint density at radius 2 is 2.00 bits per heavy atom. The zero-order chi connectivity index (χ0) is 11.4. The smallest absolute Gasteiger partial charge is 0.335 e. The number of halogens is 1. The van der Waals surface area contributed by atoms with E-state index in [-0.39, 0.29) is 10.5 Å². The third-order valence-corrected chi connectivity index (χ3v) is 2.72. The van der Waals surface area contributed by atoms with Crippen molar-refractivity contribution >= 4 is 25.7 Å². The maximum atomic E-state index is 10.8. The standard InChI is InChI=1S/C8H9ClO4S/c1-3-6(8(10)11)5-7(4-2)14(9,12)13/h3-5H,2H2,1H3,(H,10,11)/b6-3+,7-5+. The van der Waals surface area contributed by atoms with E-state index in [1.165, 1.54) is 13.0 Å². The van der Waals surface area contributed by atoms with Crippen molar-refractivity contribution in [2.75, 3.05) is 0 Å². The number of carbonyl (C=O) groups is 1. The molecule has 0 aromatic heterocycles. The molecule has 0 aliphatic carbocycles. The van der Waals surface area contributed by atoms with Gasteiger partial charge in [0.1, 0.15) is 0 Å². The predicted octanol–water partition coefficient (Wildman–Crippen LogP) is 1.66. The van der Waals surface area contributed by atoms with E-state index in [1.807, 2.05) is 0 Å². The van der Waals surface area contributed by atoms with Crippen molar-refractivity contribution in [2.24, 2.45) is 0 Å². The highest BCUT2D eigenvalue weighted by molar-refractivity contribution is 8.17. The Morgan fingerprint density at radius 1 is 1.50 bits per heavy atom. The van der Waals surface area contributed by atoms with Gasteiger partial charge in [-0.2, -0.15) is 0 Å². The summed E-state index contributed by atoms with van der Waals surface area (Å²) in [7, 11) is 1.08. The van der Waals surface area contributed by atoms with Gasteiger partial charge in [-0.1, -0.05) is 12.7 Å². The van der Waals surface area contributed by atoms with E-state index in [9.17, 15) is 13.2 Å². The van der Waals surface area contributed by atoms with Crippen molar-refractivity contribution in [3.8, 4) is 0 Å². The van der Waals surface area contributed by atoms with E-state index < -0.39 is 15.0 Å². The lowest BCUT2D eigenvalue weighted by Crippen LogP contribution is -2.00. The summed E-state index contributed by atoms with van der Waals surface area (Å²) in [4.78, 5) is 10.2. The molecule has 0 aromatic rings. The van der Waals surface area contributed by atoms with Crippen LogP contribution in [0.4, 0.5) is 0 Å². The Labute approximate surface area is 86.6 Å². The average Bonchev–Trinajstić information content (AvgIpc) is 2.03. The predicted molar refractivity (Wildman–Crippen MR) is 54.4 cm³/mol. The van der Waals surface area contributed by atoms with Crippen LogP contribution in [-0.4, -0.2) is 19.5 Å². The summed E-state index contributed by atoms with van der Waals surface area (Å²) in [6.07, 6.45) is 3.18. The van der Waals surface area contributed by atoms with Crippen molar-refractivity contribution in [3.05, 3.63) is 35.3 Å². The molecule has 78 valence electrons. The zero-order valence-corrected chi connectivity index (χ0v) is 8.97. The van der Waals surface area contributed by atoms with Crippen molar-refractivity contribution in [1.82, 2.24) is 0 Å². The molecule has 0 aromatic carbocycles. The zero-order valence-electron chi connectivity index (χ0n) is 7.40. The van der Waals surface area contributed by atoms with Gasteiger partial charge < -0.3 is 5.11 Å². The fourth-order valence-electron chi connectivity index (χ4n) is 0.651. The summed E-state index contributed by atoms with van der Waals surface area (Å²) in [6, 6.07) is 0. The van der Waals surface area contributed by atoms with Crippen LogP contribution in [0.2, 0.25) is 0 Å². The minimum Gasteiger partial charge on any atom is -0.478 e. The van der Waals surface area contributed by atoms with Crippen molar-refractivity contribution in [1.29, 1.82) is 0 Å². The Bertz CT molecular complexity index is 403. The van der Waals surface area contributed by atoms with Crippen LogP contribution < -0.4 is 0 Å². The van der Waals surface area contributed by atoms with Crippen molar-refractivity contribution in [2.45, 2.75) is 6.92 Å². The summed E-state index contributed by atoms with van der Waals surface area (Å²) in [6.45, 7) is 4.70. The Morgan fingerprint density at radius 3 is 2.21 bits per heavy atom. The van der Waals surface area contributed by atoms with Gasteiger partial charge in [0.15, 0.2) is 0 Å². The Kier molecular flexibility index (Phi) is 4.59. The van der Waals surface area contributed by atoms with Crippen LogP contribution in [-0.2, 0) is 13.8 Å². The Balaban J connectivity index is 5.36. The van der Waals surface area contributed by atoms with Gasteiger partial charge in [-0.3, -0.25) is 0 Å². The second kappa shape index (κ2) is 4.97. The maximum Gasteiger partial charge on any atom is 0.335 e. The third kappa shape index (κ3) is 3.76. The minimum atomic E-state index is -3.94. The average molecular weight is 237 g/mol. The van der Waals surface area contributed by atoms with Crippen molar-refractivity contribution in [3.63, 3.8) is 0 Å². The molecule has 0 saturated heterocycles. The lowest BCUT2D eigenvalue weighted by atomic mass is 10.2. The summed E-state index contributed by atoms with van der Waals surface area (Å²) in [5.74, 6) is -1.23. The topological polar surface area (TPSA) is 71.4 Å². The molecule has 0 aliphatic rings. The molecule has 0 heterocycles. The molecule has 0 rings (SSSR count). The first kappa shape index (κ1) is 12.9. The summed E-state index contributed by atoms with van der Waals surface area (Å²) in [5.41, 5.74) is -0.163. The highest BCUT2D eigenvalue weighted by Gasteiger charge is 2.13. The molecule has 0 atom stereocenters. The van der Waals surface area contributed by atoms with Crippen LogP contribution in [0.5, 0.6) is 0 Å². The van der Waals surface area contributed by atoms with E-state index in [4.69, 9.17) is 15.8 Å². The lowest BCUT2D eigenvalue weighted by Gasteiger charge is -1.97. The van der Waals surface area contributed by atoms with E-state index in [0.717, 1.165) is 12.2 Å². The van der Waals surface area contributed by atoms with Gasteiger partial charge in [0.05, 0.1) is 10.5 Å². The van der Waals surface area contributed by atoms with Gasteiger partial charge in [0.25, 0.3) is 9.05 Å². The van der Waals surface area contributed by atoms with E-state index >= 15 is 0 Å². The largest absolute Gasteiger partial charge is 0.478 e. The molecule has 0 fully saturated rings. The van der Waals surface area contributed by atoms with Crippen LogP contribution in [0.15, 0.2) is 35.3 Å². The molecular weight excluding hydrogens is 228 g/mol. The normalized spacial score (nSPS) is 13.9. The number of rotatable bonds is 4. The number of carboxylic acid groups (broad SMARTS) is 1. The second-order valence-corrected chi connectivity index (χ2v) is 4.80. The minimum absolute atomic E-state index is 0.163. The van der Waals surface area contributed by atoms with Crippen LogP contribution in [0.1, 0.15) is 6.92 Å². The Hall–Kier alpha value is -1.07. The van der Waals surface area contributed by atoms with Gasteiger partial charge >= 0.3 is 5.97 Å². The number of carboxylic acids is 1. The van der Waals surface area contributed by atoms with Crippen LogP contribution in [0.3, 0.4) is 0 Å². The number of hydrogen-bond acceptors (Lipinski definition) is 3. The fourth-order valence-corrected chi connectivity index (χ4v) is 1.44. The molecule has 0 saturated carbocycles. The summed E-state index contributed by atoms with van der Waals surface area (Å²) < 4.78 is 21.7. The molecular formula is C8H9ClO4S.